The van der Waals surface area contributed by atoms with Gasteiger partial charge < -0.3 is 37.0 Å². The first-order valence-electron chi connectivity index (χ1n) is 20.7. The van der Waals surface area contributed by atoms with E-state index in [0.717, 1.165) is 95.1 Å². The molecule has 0 unspecified atom stereocenters. The lowest BCUT2D eigenvalue weighted by molar-refractivity contribution is 0.318. The molecule has 0 amide bonds. The van der Waals surface area contributed by atoms with Crippen molar-refractivity contribution in [2.45, 2.75) is 19.3 Å². The predicted molar refractivity (Wildman–Crippen MR) is 244 cm³/mol. The first-order chi connectivity index (χ1) is 30.4. The van der Waals surface area contributed by atoms with E-state index in [1.165, 1.54) is 30.6 Å². The maximum atomic E-state index is 8.82. The molecule has 6 heterocycles. The molecule has 2 aliphatic rings. The molecule has 2 fully saturated rings. The molecule has 2 aliphatic heterocycles. The van der Waals surface area contributed by atoms with Crippen molar-refractivity contribution in [3.63, 3.8) is 0 Å². The molecule has 7 N–H and O–H groups in total. The molecule has 0 spiro atoms. The van der Waals surface area contributed by atoms with Gasteiger partial charge in [0.1, 0.15) is 0 Å². The second kappa shape index (κ2) is 17.8. The number of hydrogen-bond donors (Lipinski definition) is 5. The number of hydrogen-bond acceptors (Lipinski definition) is 11. The van der Waals surface area contributed by atoms with Crippen molar-refractivity contribution >= 4 is 34.3 Å². The van der Waals surface area contributed by atoms with Gasteiger partial charge in [-0.3, -0.25) is 0 Å². The molecule has 8 aromatic rings. The number of piperazine rings is 1. The Balaban J connectivity index is 0.000000158. The van der Waals surface area contributed by atoms with Crippen LogP contribution in [0.25, 0.3) is 55.8 Å². The highest BCUT2D eigenvalue weighted by molar-refractivity contribution is 5.98. The Labute approximate surface area is 358 Å². The quantitative estimate of drug-likeness (QED) is 0.0473. The minimum absolute atomic E-state index is 0.0807. The lowest BCUT2D eigenvalue weighted by Crippen LogP contribution is -2.43. The number of nitrogens with zero attached hydrogens (tertiary/aromatic N) is 10. The van der Waals surface area contributed by atoms with E-state index in [9.17, 15) is 0 Å². The number of piperidine rings is 1. The number of nitrogens with one attached hydrogen (secondary N) is 1. The van der Waals surface area contributed by atoms with E-state index in [1.807, 2.05) is 79.5 Å². The van der Waals surface area contributed by atoms with E-state index in [0.29, 0.717) is 11.1 Å². The zero-order valence-electron chi connectivity index (χ0n) is 34.1. The second-order valence-electron chi connectivity index (χ2n) is 15.3. The summed E-state index contributed by atoms with van der Waals surface area (Å²) in [6.07, 6.45) is 15.3. The van der Waals surface area contributed by atoms with Crippen LogP contribution in [0.2, 0.25) is 0 Å². The molecule has 10 rings (SSSR count). The summed E-state index contributed by atoms with van der Waals surface area (Å²) >= 11 is 0. The topological polar surface area (TPSA) is 196 Å². The molecule has 4 aromatic carbocycles. The third-order valence-electron chi connectivity index (χ3n) is 11.5. The van der Waals surface area contributed by atoms with Crippen LogP contribution in [-0.4, -0.2) is 90.6 Å². The number of fused-ring (bicyclic) bond motifs is 2. The minimum Gasteiger partial charge on any atom is -0.409 e. The van der Waals surface area contributed by atoms with Gasteiger partial charge in [-0.1, -0.05) is 83.1 Å². The number of amidine groups is 2. The van der Waals surface area contributed by atoms with Crippen LogP contribution < -0.4 is 26.6 Å². The van der Waals surface area contributed by atoms with Crippen molar-refractivity contribution in [1.82, 2.24) is 34.5 Å². The Morgan fingerprint density at radius 3 is 1.31 bits per heavy atom. The lowest BCUT2D eigenvalue weighted by atomic mass is 10.1. The van der Waals surface area contributed by atoms with E-state index in [4.69, 9.17) is 21.9 Å². The number of benzene rings is 4. The van der Waals surface area contributed by atoms with Gasteiger partial charge in [-0.25, -0.2) is 19.0 Å². The Morgan fingerprint density at radius 2 is 0.887 bits per heavy atom. The Hall–Kier alpha value is -7.78. The van der Waals surface area contributed by atoms with Crippen LogP contribution in [0, 0.1) is 0 Å². The zero-order chi connectivity index (χ0) is 42.4. The van der Waals surface area contributed by atoms with Crippen LogP contribution in [0.3, 0.4) is 0 Å². The summed E-state index contributed by atoms with van der Waals surface area (Å²) in [5.74, 6) is 0.164. The molecule has 0 atom stereocenters. The Morgan fingerprint density at radius 1 is 0.484 bits per heavy atom. The van der Waals surface area contributed by atoms with Gasteiger partial charge in [0.15, 0.2) is 23.0 Å². The fourth-order valence-corrected chi connectivity index (χ4v) is 8.02. The third-order valence-corrected chi connectivity index (χ3v) is 11.5. The highest BCUT2D eigenvalue weighted by Gasteiger charge is 2.15. The Bertz CT molecular complexity index is 2640. The fraction of sp³-hybridized carbons (Fsp3) is 0.191. The number of nitrogens with two attached hydrogens (primary N) is 2. The van der Waals surface area contributed by atoms with Gasteiger partial charge in [0.05, 0.1) is 12.4 Å². The van der Waals surface area contributed by atoms with Gasteiger partial charge in [-0.2, -0.15) is 10.2 Å². The summed E-state index contributed by atoms with van der Waals surface area (Å²) in [6.45, 7) is 6.39. The normalized spacial score (nSPS) is 14.8. The van der Waals surface area contributed by atoms with Crippen molar-refractivity contribution < 1.29 is 10.4 Å². The number of rotatable bonds is 8. The largest absolute Gasteiger partial charge is 0.409 e. The highest BCUT2D eigenvalue weighted by Crippen LogP contribution is 2.30. The van der Waals surface area contributed by atoms with E-state index in [-0.39, 0.29) is 11.7 Å². The first-order valence-corrected chi connectivity index (χ1v) is 20.7. The smallest absolute Gasteiger partial charge is 0.170 e. The zero-order valence-corrected chi connectivity index (χ0v) is 34.1. The van der Waals surface area contributed by atoms with E-state index >= 15 is 0 Å². The summed E-state index contributed by atoms with van der Waals surface area (Å²) in [5, 5.41) is 36.1. The molecular weight excluding hydrogens is 779 g/mol. The van der Waals surface area contributed by atoms with Gasteiger partial charge in [0.2, 0.25) is 0 Å². The number of aromatic nitrogens is 6. The molecule has 4 aromatic heterocycles. The van der Waals surface area contributed by atoms with Gasteiger partial charge in [-0.05, 0) is 65.8 Å². The molecule has 0 radical (unpaired) electrons. The molecule has 312 valence electrons. The second-order valence-corrected chi connectivity index (χ2v) is 15.3. The van der Waals surface area contributed by atoms with Crippen molar-refractivity contribution in [3.8, 4) is 44.5 Å². The standard InChI is InChI=1S/C24H24N6O.C23H23N7O/c25-23(28-31)19-6-4-18(5-7-19)22-15-27-30-16-20(14-26-24(22)30)17-8-10-21(11-9-17)29-12-2-1-3-13-29;24-22(28-31)18-3-1-17(2-4-18)21-14-27-30-15-19(13-26-23(21)30)16-5-7-20(8-6-16)29-11-9-25-10-12-29/h4-11,14-16,31H,1-3,12-13H2,(H2,25,28);1-8,13-15,25,31H,9-12H2,(H2,24,28). The fourth-order valence-electron chi connectivity index (χ4n) is 8.02. The maximum Gasteiger partial charge on any atom is 0.170 e. The number of anilines is 2. The highest BCUT2D eigenvalue weighted by atomic mass is 16.4. The van der Waals surface area contributed by atoms with Gasteiger partial charge >= 0.3 is 0 Å². The van der Waals surface area contributed by atoms with E-state index in [1.54, 1.807) is 15.2 Å². The average molecular weight is 826 g/mol. The van der Waals surface area contributed by atoms with Crippen LogP contribution in [0.5, 0.6) is 0 Å². The van der Waals surface area contributed by atoms with E-state index < -0.39 is 0 Å². The van der Waals surface area contributed by atoms with Crippen LogP contribution in [-0.2, 0) is 0 Å². The molecule has 15 nitrogen and oxygen atoms in total. The van der Waals surface area contributed by atoms with Crippen LogP contribution in [0.15, 0.2) is 145 Å². The van der Waals surface area contributed by atoms with Crippen molar-refractivity contribution in [2.75, 3.05) is 49.1 Å². The van der Waals surface area contributed by atoms with E-state index in [2.05, 4.69) is 94.1 Å². The van der Waals surface area contributed by atoms with Crippen LogP contribution in [0.1, 0.15) is 30.4 Å². The summed E-state index contributed by atoms with van der Waals surface area (Å²) in [5.41, 5.74) is 24.7. The SMILES string of the molecule is N/C(=N/O)c1ccc(-c2cnn3cc(-c4ccc(N5CCCCC5)cc4)cnc23)cc1.N/C(=N/O)c1ccc(-c2cnn3cc(-c4ccc(N5CCNCC5)cc4)cnc23)cc1. The third kappa shape index (κ3) is 8.33. The molecular formula is C47H47N13O2. The molecule has 2 saturated heterocycles. The lowest BCUT2D eigenvalue weighted by Gasteiger charge is -2.29. The first kappa shape index (κ1) is 39.7. The average Bonchev–Trinajstić information content (AvgIpc) is 3.99. The number of oxime groups is 2. The molecule has 0 bridgehead atoms. The van der Waals surface area contributed by atoms with Crippen molar-refractivity contribution in [1.29, 1.82) is 0 Å². The van der Waals surface area contributed by atoms with Gasteiger partial charge in [0, 0.05) is 109 Å². The van der Waals surface area contributed by atoms with Crippen LogP contribution in [0.4, 0.5) is 11.4 Å². The summed E-state index contributed by atoms with van der Waals surface area (Å²) < 4.78 is 3.60. The van der Waals surface area contributed by atoms with Crippen molar-refractivity contribution in [3.05, 3.63) is 145 Å². The molecule has 0 saturated carbocycles. The predicted octanol–water partition coefficient (Wildman–Crippen LogP) is 6.72. The summed E-state index contributed by atoms with van der Waals surface area (Å²) in [6, 6.07) is 32.2. The maximum absolute atomic E-state index is 8.82. The molecule has 62 heavy (non-hydrogen) atoms. The van der Waals surface area contributed by atoms with Crippen molar-refractivity contribution in [2.24, 2.45) is 21.8 Å². The summed E-state index contributed by atoms with van der Waals surface area (Å²) in [4.78, 5) is 14.2. The molecule has 15 heteroatoms. The monoisotopic (exact) mass is 825 g/mol. The summed E-state index contributed by atoms with van der Waals surface area (Å²) in [7, 11) is 0. The van der Waals surface area contributed by atoms with Gasteiger partial charge in [-0.15, -0.1) is 0 Å². The van der Waals surface area contributed by atoms with Gasteiger partial charge in [0.25, 0.3) is 0 Å². The minimum atomic E-state index is 0.0807. The Kier molecular flexibility index (Phi) is 11.4. The van der Waals surface area contributed by atoms with Crippen LogP contribution >= 0.6 is 0 Å². The molecule has 0 aliphatic carbocycles.